The van der Waals surface area contributed by atoms with Crippen molar-refractivity contribution in [2.24, 2.45) is 11.1 Å². The molecule has 3 N–H and O–H groups in total. The molecule has 4 nitrogen and oxygen atoms in total. The molecule has 0 unspecified atom stereocenters. The highest BCUT2D eigenvalue weighted by Crippen LogP contribution is 2.42. The van der Waals surface area contributed by atoms with Gasteiger partial charge < -0.3 is 10.7 Å². The molecule has 1 aliphatic carbocycles. The van der Waals surface area contributed by atoms with E-state index in [1.807, 2.05) is 12.3 Å². The Labute approximate surface area is 94.3 Å². The monoisotopic (exact) mass is 216 g/mol. The summed E-state index contributed by atoms with van der Waals surface area (Å²) in [5.74, 6) is 1.05. The van der Waals surface area contributed by atoms with Crippen molar-refractivity contribution >= 4 is 11.0 Å². The second-order valence-corrected chi connectivity index (χ2v) is 4.81. The lowest BCUT2D eigenvalue weighted by molar-refractivity contribution is 0.142. The van der Waals surface area contributed by atoms with Crippen LogP contribution >= 0.6 is 0 Å². The lowest BCUT2D eigenvalue weighted by atomic mass is 9.66. The van der Waals surface area contributed by atoms with Crippen LogP contribution in [0.1, 0.15) is 25.1 Å². The van der Waals surface area contributed by atoms with Gasteiger partial charge in [-0.25, -0.2) is 4.98 Å². The van der Waals surface area contributed by atoms with Gasteiger partial charge in [-0.3, -0.25) is 4.98 Å². The van der Waals surface area contributed by atoms with Crippen LogP contribution in [0, 0.1) is 5.41 Å². The van der Waals surface area contributed by atoms with Gasteiger partial charge in [-0.05, 0) is 30.9 Å². The van der Waals surface area contributed by atoms with Gasteiger partial charge in [0.05, 0.1) is 17.2 Å². The minimum atomic E-state index is 0.307. The smallest absolute Gasteiger partial charge is 0.107 e. The first-order valence-electron chi connectivity index (χ1n) is 5.80. The van der Waals surface area contributed by atoms with Crippen LogP contribution in [-0.4, -0.2) is 21.5 Å². The predicted octanol–water partition coefficient (Wildman–Crippen LogP) is 1.63. The van der Waals surface area contributed by atoms with Crippen molar-refractivity contribution in [2.75, 3.05) is 6.54 Å². The number of aromatic amines is 1. The standard InChI is InChI=1S/C12H16N4/c13-8-12(3-1-4-12)6-11-15-9-2-5-14-7-10(9)16-11/h2,5,7H,1,3-4,6,8,13H2,(H,15,16). The van der Waals surface area contributed by atoms with Crippen LogP contribution in [0.25, 0.3) is 11.0 Å². The molecule has 1 aliphatic rings. The number of nitrogens with zero attached hydrogens (tertiary/aromatic N) is 2. The average Bonchev–Trinajstić information content (AvgIpc) is 2.65. The Hall–Kier alpha value is -1.42. The average molecular weight is 216 g/mol. The van der Waals surface area contributed by atoms with Crippen LogP contribution in [-0.2, 0) is 6.42 Å². The Morgan fingerprint density at radius 3 is 2.94 bits per heavy atom. The molecular weight excluding hydrogens is 200 g/mol. The number of aromatic nitrogens is 3. The summed E-state index contributed by atoms with van der Waals surface area (Å²) in [4.78, 5) is 12.0. The molecule has 1 saturated carbocycles. The Balaban J connectivity index is 1.89. The number of rotatable bonds is 3. The van der Waals surface area contributed by atoms with Gasteiger partial charge in [0.1, 0.15) is 5.82 Å². The van der Waals surface area contributed by atoms with Crippen molar-refractivity contribution in [1.82, 2.24) is 15.0 Å². The summed E-state index contributed by atoms with van der Waals surface area (Å²) in [6.07, 6.45) is 8.34. The van der Waals surface area contributed by atoms with E-state index >= 15 is 0 Å². The zero-order valence-electron chi connectivity index (χ0n) is 9.24. The summed E-state index contributed by atoms with van der Waals surface area (Å²) >= 11 is 0. The lowest BCUT2D eigenvalue weighted by Crippen LogP contribution is -2.39. The van der Waals surface area contributed by atoms with E-state index in [1.54, 1.807) is 6.20 Å². The second-order valence-electron chi connectivity index (χ2n) is 4.81. The third-order valence-electron chi connectivity index (χ3n) is 3.72. The summed E-state index contributed by atoms with van der Waals surface area (Å²) in [7, 11) is 0. The zero-order chi connectivity index (χ0) is 11.0. The highest BCUT2D eigenvalue weighted by Gasteiger charge is 2.36. The number of fused-ring (bicyclic) bond motifs is 1. The van der Waals surface area contributed by atoms with Crippen molar-refractivity contribution in [2.45, 2.75) is 25.7 Å². The van der Waals surface area contributed by atoms with Gasteiger partial charge in [-0.15, -0.1) is 0 Å². The van der Waals surface area contributed by atoms with Crippen LogP contribution in [0.5, 0.6) is 0 Å². The zero-order valence-corrected chi connectivity index (χ0v) is 9.24. The van der Waals surface area contributed by atoms with E-state index in [-0.39, 0.29) is 0 Å². The van der Waals surface area contributed by atoms with Crippen LogP contribution in [0.4, 0.5) is 0 Å². The molecule has 0 spiro atoms. The topological polar surface area (TPSA) is 67.6 Å². The molecule has 0 aromatic carbocycles. The maximum absolute atomic E-state index is 5.86. The molecule has 0 atom stereocenters. The maximum atomic E-state index is 5.86. The van der Waals surface area contributed by atoms with E-state index in [1.165, 1.54) is 19.3 Å². The van der Waals surface area contributed by atoms with Gasteiger partial charge in [0, 0.05) is 12.6 Å². The quantitative estimate of drug-likeness (QED) is 0.819. The number of imidazole rings is 1. The van der Waals surface area contributed by atoms with Crippen molar-refractivity contribution in [3.8, 4) is 0 Å². The highest BCUT2D eigenvalue weighted by molar-refractivity contribution is 5.73. The van der Waals surface area contributed by atoms with Crippen LogP contribution in [0.2, 0.25) is 0 Å². The number of pyridine rings is 1. The molecule has 2 aromatic rings. The first-order chi connectivity index (χ1) is 7.81. The van der Waals surface area contributed by atoms with E-state index in [9.17, 15) is 0 Å². The summed E-state index contributed by atoms with van der Waals surface area (Å²) in [6.45, 7) is 0.766. The number of hydrogen-bond acceptors (Lipinski definition) is 3. The molecule has 0 saturated heterocycles. The van der Waals surface area contributed by atoms with Gasteiger partial charge in [0.2, 0.25) is 0 Å². The molecule has 2 heterocycles. The normalized spacial score (nSPS) is 18.6. The number of hydrogen-bond donors (Lipinski definition) is 2. The molecule has 0 radical (unpaired) electrons. The molecule has 0 amide bonds. The summed E-state index contributed by atoms with van der Waals surface area (Å²) in [6, 6.07) is 1.94. The van der Waals surface area contributed by atoms with Gasteiger partial charge in [0.15, 0.2) is 0 Å². The SMILES string of the molecule is NCC1(Cc2nc3ccncc3[nH]2)CCC1. The fourth-order valence-corrected chi connectivity index (χ4v) is 2.48. The van der Waals surface area contributed by atoms with Crippen LogP contribution in [0.3, 0.4) is 0 Å². The molecule has 84 valence electrons. The van der Waals surface area contributed by atoms with Crippen LogP contribution < -0.4 is 5.73 Å². The fraction of sp³-hybridized carbons (Fsp3) is 0.500. The first kappa shape index (κ1) is 9.78. The van der Waals surface area contributed by atoms with Gasteiger partial charge >= 0.3 is 0 Å². The number of H-pyrrole nitrogens is 1. The molecule has 0 bridgehead atoms. The minimum absolute atomic E-state index is 0.307. The van der Waals surface area contributed by atoms with Gasteiger partial charge in [-0.1, -0.05) is 6.42 Å². The minimum Gasteiger partial charge on any atom is -0.341 e. The summed E-state index contributed by atoms with van der Waals surface area (Å²) in [5, 5.41) is 0. The molecule has 1 fully saturated rings. The van der Waals surface area contributed by atoms with Crippen molar-refractivity contribution in [1.29, 1.82) is 0 Å². The molecule has 4 heteroatoms. The van der Waals surface area contributed by atoms with Gasteiger partial charge in [-0.2, -0.15) is 0 Å². The Morgan fingerprint density at radius 2 is 2.31 bits per heavy atom. The third-order valence-corrected chi connectivity index (χ3v) is 3.72. The van der Waals surface area contributed by atoms with Crippen molar-refractivity contribution in [3.63, 3.8) is 0 Å². The van der Waals surface area contributed by atoms with Crippen molar-refractivity contribution in [3.05, 3.63) is 24.3 Å². The van der Waals surface area contributed by atoms with E-state index in [0.717, 1.165) is 29.8 Å². The lowest BCUT2D eigenvalue weighted by Gasteiger charge is -2.40. The van der Waals surface area contributed by atoms with E-state index in [4.69, 9.17) is 5.73 Å². The fourth-order valence-electron chi connectivity index (χ4n) is 2.48. The first-order valence-corrected chi connectivity index (χ1v) is 5.80. The molecule has 0 aliphatic heterocycles. The van der Waals surface area contributed by atoms with E-state index < -0.39 is 0 Å². The second kappa shape index (κ2) is 3.56. The third kappa shape index (κ3) is 1.50. The number of nitrogens with one attached hydrogen (secondary N) is 1. The molecular formula is C12H16N4. The summed E-state index contributed by atoms with van der Waals surface area (Å²) < 4.78 is 0. The Kier molecular flexibility index (Phi) is 2.17. The molecule has 2 aromatic heterocycles. The molecule has 3 rings (SSSR count). The van der Waals surface area contributed by atoms with E-state index in [0.29, 0.717) is 5.41 Å². The summed E-state index contributed by atoms with van der Waals surface area (Å²) in [5.41, 5.74) is 8.18. The van der Waals surface area contributed by atoms with E-state index in [2.05, 4.69) is 15.0 Å². The molecule has 16 heavy (non-hydrogen) atoms. The highest BCUT2D eigenvalue weighted by atomic mass is 14.9. The maximum Gasteiger partial charge on any atom is 0.107 e. The van der Waals surface area contributed by atoms with Crippen molar-refractivity contribution < 1.29 is 0 Å². The predicted molar refractivity (Wildman–Crippen MR) is 62.9 cm³/mol. The van der Waals surface area contributed by atoms with Crippen LogP contribution in [0.15, 0.2) is 18.5 Å². The van der Waals surface area contributed by atoms with Gasteiger partial charge in [0.25, 0.3) is 0 Å². The Morgan fingerprint density at radius 1 is 1.44 bits per heavy atom. The Bertz CT molecular complexity index is 460. The largest absolute Gasteiger partial charge is 0.341 e. The number of nitrogens with two attached hydrogens (primary N) is 1.